The number of carbonyl (C=O) groups excluding carboxylic acids is 2. The van der Waals surface area contributed by atoms with Crippen LogP contribution in [-0.4, -0.2) is 46.2 Å². The van der Waals surface area contributed by atoms with Crippen molar-refractivity contribution in [1.29, 1.82) is 0 Å². The molecule has 3 rings (SSSR count). The zero-order chi connectivity index (χ0) is 21.9. The van der Waals surface area contributed by atoms with Crippen molar-refractivity contribution in [3.05, 3.63) is 60.2 Å². The molecule has 9 heteroatoms. The van der Waals surface area contributed by atoms with Crippen LogP contribution in [0.5, 0.6) is 0 Å². The highest BCUT2D eigenvalue weighted by Gasteiger charge is 2.63. The van der Waals surface area contributed by atoms with Gasteiger partial charge in [-0.2, -0.15) is 23.3 Å². The van der Waals surface area contributed by atoms with Crippen LogP contribution in [0.4, 0.5) is 13.2 Å². The fraction of sp³-hybridized carbons (Fsp3) is 0.286. The molecule has 0 radical (unpaired) electrons. The van der Waals surface area contributed by atoms with E-state index in [0.717, 1.165) is 11.1 Å². The van der Waals surface area contributed by atoms with Crippen LogP contribution < -0.4 is 0 Å². The second-order valence-electron chi connectivity index (χ2n) is 6.67. The number of hydrogen-bond donors (Lipinski definition) is 1. The fourth-order valence-electron chi connectivity index (χ4n) is 3.09. The van der Waals surface area contributed by atoms with Crippen LogP contribution in [0, 0.1) is 0 Å². The summed E-state index contributed by atoms with van der Waals surface area (Å²) < 4.78 is 45.3. The number of aliphatic hydroxyl groups is 1. The molecule has 6 nitrogen and oxygen atoms in total. The van der Waals surface area contributed by atoms with Gasteiger partial charge in [0.2, 0.25) is 0 Å². The highest BCUT2D eigenvalue weighted by atomic mass is 19.4. The lowest BCUT2D eigenvalue weighted by Crippen LogP contribution is -2.57. The summed E-state index contributed by atoms with van der Waals surface area (Å²) in [6, 6.07) is 15.9. The van der Waals surface area contributed by atoms with Gasteiger partial charge in [0.15, 0.2) is 0 Å². The molecule has 0 aromatic heterocycles. The van der Waals surface area contributed by atoms with Crippen molar-refractivity contribution in [1.82, 2.24) is 5.01 Å². The summed E-state index contributed by atoms with van der Waals surface area (Å²) in [6.07, 6.45) is -7.09. The molecule has 1 N–H and O–H groups in total. The molecule has 2 aromatic rings. The molecule has 1 aliphatic heterocycles. The Morgan fingerprint density at radius 2 is 1.63 bits per heavy atom. The SMILES string of the molecule is CCOC(=O)CC(=O)N1N=C(c2ccc(-c3ccccc3)cc2)CC1(O)C(F)(F)F. The minimum atomic E-state index is -5.17. The van der Waals surface area contributed by atoms with Crippen LogP contribution in [0.2, 0.25) is 0 Å². The summed E-state index contributed by atoms with van der Waals surface area (Å²) >= 11 is 0. The van der Waals surface area contributed by atoms with Crippen molar-refractivity contribution in [2.45, 2.75) is 31.7 Å². The number of hydrazone groups is 1. The van der Waals surface area contributed by atoms with E-state index in [9.17, 15) is 27.9 Å². The Hall–Kier alpha value is -3.20. The van der Waals surface area contributed by atoms with Gasteiger partial charge >= 0.3 is 12.1 Å². The summed E-state index contributed by atoms with van der Waals surface area (Å²) in [5, 5.41) is 13.9. The second kappa shape index (κ2) is 8.27. The molecule has 2 aromatic carbocycles. The van der Waals surface area contributed by atoms with Crippen LogP contribution in [0.25, 0.3) is 11.1 Å². The van der Waals surface area contributed by atoms with E-state index in [1.165, 1.54) is 6.92 Å². The minimum Gasteiger partial charge on any atom is -0.466 e. The van der Waals surface area contributed by atoms with Crippen LogP contribution in [-0.2, 0) is 14.3 Å². The molecule has 1 unspecified atom stereocenters. The maximum Gasteiger partial charge on any atom is 0.438 e. The Morgan fingerprint density at radius 3 is 2.20 bits per heavy atom. The van der Waals surface area contributed by atoms with Crippen molar-refractivity contribution < 1.29 is 32.6 Å². The summed E-state index contributed by atoms with van der Waals surface area (Å²) in [5.41, 5.74) is -1.56. The normalized spacial score (nSPS) is 18.8. The summed E-state index contributed by atoms with van der Waals surface area (Å²) in [5.74, 6) is -2.30. The van der Waals surface area contributed by atoms with Crippen molar-refractivity contribution >= 4 is 17.6 Å². The van der Waals surface area contributed by atoms with E-state index in [4.69, 9.17) is 0 Å². The van der Waals surface area contributed by atoms with Crippen LogP contribution in [0.3, 0.4) is 0 Å². The number of carbonyl (C=O) groups is 2. The molecule has 0 saturated heterocycles. The van der Waals surface area contributed by atoms with Gasteiger partial charge in [0.05, 0.1) is 18.7 Å². The average molecular weight is 420 g/mol. The Kier molecular flexibility index (Phi) is 5.93. The molecular formula is C21H19F3N2O4. The monoisotopic (exact) mass is 420 g/mol. The van der Waals surface area contributed by atoms with Crippen molar-refractivity contribution in [2.75, 3.05) is 6.61 Å². The molecule has 1 heterocycles. The highest BCUT2D eigenvalue weighted by Crippen LogP contribution is 2.41. The lowest BCUT2D eigenvalue weighted by Gasteiger charge is -2.32. The van der Waals surface area contributed by atoms with Gasteiger partial charge in [-0.05, 0) is 23.6 Å². The van der Waals surface area contributed by atoms with E-state index in [1.807, 2.05) is 30.3 Å². The predicted octanol–water partition coefficient (Wildman–Crippen LogP) is 3.49. The molecule has 0 spiro atoms. The number of benzene rings is 2. The van der Waals surface area contributed by atoms with E-state index < -0.39 is 36.6 Å². The van der Waals surface area contributed by atoms with Gasteiger partial charge in [0, 0.05) is 0 Å². The van der Waals surface area contributed by atoms with Gasteiger partial charge in [0.1, 0.15) is 6.42 Å². The number of hydrogen-bond acceptors (Lipinski definition) is 5. The molecule has 0 fully saturated rings. The highest BCUT2D eigenvalue weighted by molar-refractivity contribution is 6.05. The minimum absolute atomic E-state index is 0.0298. The zero-order valence-corrected chi connectivity index (χ0v) is 16.0. The summed E-state index contributed by atoms with van der Waals surface area (Å²) in [7, 11) is 0. The first-order valence-corrected chi connectivity index (χ1v) is 9.17. The Bertz CT molecular complexity index is 958. The van der Waals surface area contributed by atoms with Gasteiger partial charge in [-0.1, -0.05) is 54.6 Å². The lowest BCUT2D eigenvalue weighted by molar-refractivity contribution is -0.302. The van der Waals surface area contributed by atoms with Gasteiger partial charge in [-0.15, -0.1) is 0 Å². The van der Waals surface area contributed by atoms with Crippen LogP contribution in [0.15, 0.2) is 59.7 Å². The van der Waals surface area contributed by atoms with Gasteiger partial charge in [-0.25, -0.2) is 0 Å². The van der Waals surface area contributed by atoms with Crippen LogP contribution in [0.1, 0.15) is 25.3 Å². The number of rotatable bonds is 5. The first-order valence-electron chi connectivity index (χ1n) is 9.17. The number of ether oxygens (including phenoxy) is 1. The second-order valence-corrected chi connectivity index (χ2v) is 6.67. The third-order valence-corrected chi connectivity index (χ3v) is 4.60. The van der Waals surface area contributed by atoms with E-state index in [-0.39, 0.29) is 17.3 Å². The van der Waals surface area contributed by atoms with Gasteiger partial charge < -0.3 is 9.84 Å². The Morgan fingerprint density at radius 1 is 1.07 bits per heavy atom. The molecule has 158 valence electrons. The number of alkyl halides is 3. The predicted molar refractivity (Wildman–Crippen MR) is 102 cm³/mol. The summed E-state index contributed by atoms with van der Waals surface area (Å²) in [6.45, 7) is 1.47. The molecule has 1 amide bonds. The zero-order valence-electron chi connectivity index (χ0n) is 16.0. The maximum atomic E-state index is 13.6. The smallest absolute Gasteiger partial charge is 0.438 e. The average Bonchev–Trinajstić information content (AvgIpc) is 3.08. The third-order valence-electron chi connectivity index (χ3n) is 4.60. The number of nitrogens with zero attached hydrogens (tertiary/aromatic N) is 2. The summed E-state index contributed by atoms with van der Waals surface area (Å²) in [4.78, 5) is 23.8. The number of amides is 1. The van der Waals surface area contributed by atoms with Crippen LogP contribution >= 0.6 is 0 Å². The van der Waals surface area contributed by atoms with E-state index in [0.29, 0.717) is 5.56 Å². The molecule has 0 saturated carbocycles. The molecule has 0 aliphatic carbocycles. The molecule has 1 atom stereocenters. The molecule has 0 bridgehead atoms. The molecule has 1 aliphatic rings. The third kappa shape index (κ3) is 4.20. The van der Waals surface area contributed by atoms with E-state index >= 15 is 0 Å². The molecular weight excluding hydrogens is 401 g/mol. The fourth-order valence-corrected chi connectivity index (χ4v) is 3.09. The first-order chi connectivity index (χ1) is 14.2. The van der Waals surface area contributed by atoms with E-state index in [1.54, 1.807) is 24.3 Å². The molecule has 30 heavy (non-hydrogen) atoms. The lowest BCUT2D eigenvalue weighted by atomic mass is 9.98. The quantitative estimate of drug-likeness (QED) is 0.593. The Balaban J connectivity index is 1.89. The number of esters is 1. The topological polar surface area (TPSA) is 79.2 Å². The number of halogens is 3. The van der Waals surface area contributed by atoms with Crippen molar-refractivity contribution in [2.24, 2.45) is 5.10 Å². The van der Waals surface area contributed by atoms with Crippen molar-refractivity contribution in [3.63, 3.8) is 0 Å². The largest absolute Gasteiger partial charge is 0.466 e. The maximum absolute atomic E-state index is 13.6. The Labute approximate surface area is 170 Å². The van der Waals surface area contributed by atoms with Crippen molar-refractivity contribution in [3.8, 4) is 11.1 Å². The van der Waals surface area contributed by atoms with Gasteiger partial charge in [-0.3, -0.25) is 9.59 Å². The standard InChI is InChI=1S/C21H19F3N2O4/c1-2-30-19(28)12-18(27)26-20(29,21(22,23)24)13-17(25-26)16-10-8-15(9-11-16)14-6-4-3-5-7-14/h3-11,29H,2,12-13H2,1H3. The van der Waals surface area contributed by atoms with Gasteiger partial charge in [0.25, 0.3) is 11.6 Å². The first kappa shape index (κ1) is 21.5. The van der Waals surface area contributed by atoms with E-state index in [2.05, 4.69) is 9.84 Å².